The first-order chi connectivity index (χ1) is 11.0. The summed E-state index contributed by atoms with van der Waals surface area (Å²) in [5.74, 6) is -0.387. The maximum Gasteiger partial charge on any atom is 0.280 e. The molecule has 2 aromatic carbocycles. The molecule has 116 valence electrons. The normalized spacial score (nSPS) is 11.4. The number of aromatic nitrogens is 1. The zero-order valence-electron chi connectivity index (χ0n) is 11.3. The van der Waals surface area contributed by atoms with Crippen LogP contribution < -0.4 is 5.56 Å². The number of nitrogens with one attached hydrogen (secondary N) is 1. The van der Waals surface area contributed by atoms with Gasteiger partial charge in [0.05, 0.1) is 26.6 Å². The smallest absolute Gasteiger partial charge is 0.280 e. The summed E-state index contributed by atoms with van der Waals surface area (Å²) in [5.41, 5.74) is -0.219. The quantitative estimate of drug-likeness (QED) is 0.577. The molecule has 3 rings (SSSR count). The number of nitrogens with zero attached hydrogens (tertiary/aromatic N) is 2. The molecule has 3 aromatic rings. The summed E-state index contributed by atoms with van der Waals surface area (Å²) in [5, 5.41) is 19.2. The zero-order chi connectivity index (χ0) is 16.6. The van der Waals surface area contributed by atoms with Crippen molar-refractivity contribution in [3.05, 3.63) is 61.8 Å². The molecule has 0 aliphatic heterocycles. The van der Waals surface area contributed by atoms with E-state index in [0.717, 1.165) is 0 Å². The highest BCUT2D eigenvalue weighted by Gasteiger charge is 2.16. The number of pyridine rings is 1. The fourth-order valence-electron chi connectivity index (χ4n) is 2.04. The van der Waals surface area contributed by atoms with Gasteiger partial charge in [-0.05, 0) is 30.3 Å². The van der Waals surface area contributed by atoms with E-state index in [1.807, 2.05) is 0 Å². The molecule has 1 aromatic heterocycles. The highest BCUT2D eigenvalue weighted by atomic mass is 35.5. The molecular weight excluding hydrogens is 361 g/mol. The number of aromatic amines is 1. The van der Waals surface area contributed by atoms with Crippen LogP contribution in [0.5, 0.6) is 5.75 Å². The van der Waals surface area contributed by atoms with Crippen molar-refractivity contribution in [2.45, 2.75) is 0 Å². The van der Waals surface area contributed by atoms with E-state index in [0.29, 0.717) is 10.7 Å². The molecule has 0 aliphatic carbocycles. The Morgan fingerprint density at radius 2 is 1.74 bits per heavy atom. The van der Waals surface area contributed by atoms with Gasteiger partial charge in [0.15, 0.2) is 11.4 Å². The fourth-order valence-corrected chi connectivity index (χ4v) is 2.68. The Kier molecular flexibility index (Phi) is 4.26. The maximum atomic E-state index is 12.1. The van der Waals surface area contributed by atoms with Crippen LogP contribution in [0.15, 0.2) is 51.4 Å². The van der Waals surface area contributed by atoms with E-state index in [2.05, 4.69) is 15.2 Å². The van der Waals surface area contributed by atoms with Gasteiger partial charge in [0.2, 0.25) is 0 Å². The number of hydrogen-bond acceptors (Lipinski definition) is 4. The second-order valence-corrected chi connectivity index (χ2v) is 5.86. The maximum absolute atomic E-state index is 12.1. The lowest BCUT2D eigenvalue weighted by Crippen LogP contribution is -2.05. The number of azo groups is 1. The van der Waals surface area contributed by atoms with E-state index in [1.54, 1.807) is 24.3 Å². The van der Waals surface area contributed by atoms with Gasteiger partial charge in [-0.15, -0.1) is 5.11 Å². The average Bonchev–Trinajstić information content (AvgIpc) is 2.50. The largest absolute Gasteiger partial charge is 0.505 e. The van der Waals surface area contributed by atoms with Crippen molar-refractivity contribution in [3.8, 4) is 5.75 Å². The molecule has 0 atom stereocenters. The summed E-state index contributed by atoms with van der Waals surface area (Å²) >= 11 is 17.9. The molecule has 0 saturated heterocycles. The lowest BCUT2D eigenvalue weighted by molar-refractivity contribution is 0.481. The van der Waals surface area contributed by atoms with Gasteiger partial charge in [0.1, 0.15) is 0 Å². The van der Waals surface area contributed by atoms with Crippen LogP contribution >= 0.6 is 34.8 Å². The van der Waals surface area contributed by atoms with E-state index in [-0.39, 0.29) is 32.4 Å². The summed E-state index contributed by atoms with van der Waals surface area (Å²) in [6, 6.07) is 9.64. The Hall–Kier alpha value is -2.08. The fraction of sp³-hybridized carbons (Fsp3) is 0. The molecule has 0 aliphatic rings. The Morgan fingerprint density at radius 1 is 1.00 bits per heavy atom. The van der Waals surface area contributed by atoms with Gasteiger partial charge in [0, 0.05) is 5.02 Å². The molecule has 0 radical (unpaired) electrons. The number of hydrogen-bond donors (Lipinski definition) is 2. The molecule has 1 heterocycles. The van der Waals surface area contributed by atoms with Crippen LogP contribution in [0.25, 0.3) is 10.9 Å². The molecule has 23 heavy (non-hydrogen) atoms. The summed E-state index contributed by atoms with van der Waals surface area (Å²) in [6.45, 7) is 0. The third-order valence-electron chi connectivity index (χ3n) is 3.09. The van der Waals surface area contributed by atoms with Crippen molar-refractivity contribution in [1.82, 2.24) is 4.98 Å². The molecule has 2 N–H and O–H groups in total. The molecule has 0 saturated carbocycles. The van der Waals surface area contributed by atoms with Gasteiger partial charge in [-0.25, -0.2) is 0 Å². The average molecular weight is 369 g/mol. The van der Waals surface area contributed by atoms with Crippen molar-refractivity contribution in [3.63, 3.8) is 0 Å². The van der Waals surface area contributed by atoms with Crippen molar-refractivity contribution in [2.24, 2.45) is 10.2 Å². The van der Waals surface area contributed by atoms with Crippen LogP contribution in [0.3, 0.4) is 0 Å². The predicted molar refractivity (Wildman–Crippen MR) is 91.9 cm³/mol. The van der Waals surface area contributed by atoms with E-state index >= 15 is 0 Å². The Morgan fingerprint density at radius 3 is 2.48 bits per heavy atom. The van der Waals surface area contributed by atoms with E-state index < -0.39 is 5.56 Å². The lowest BCUT2D eigenvalue weighted by atomic mass is 10.2. The van der Waals surface area contributed by atoms with Crippen LogP contribution in [0.1, 0.15) is 0 Å². The minimum atomic E-state index is -0.634. The van der Waals surface area contributed by atoms with Crippen LogP contribution in [-0.2, 0) is 0 Å². The standard InChI is InChI=1S/C15H8Cl3N3O2/c16-7-2-1-3-8(6-7)20-21-13-14(22)11-9(17)4-5-10(18)12(11)19-15(13)23/h1-6H,(H2,19,22,23). The van der Waals surface area contributed by atoms with Crippen molar-refractivity contribution in [2.75, 3.05) is 0 Å². The van der Waals surface area contributed by atoms with Gasteiger partial charge in [0.25, 0.3) is 5.56 Å². The first kappa shape index (κ1) is 15.8. The van der Waals surface area contributed by atoms with Crippen LogP contribution in [0.4, 0.5) is 11.4 Å². The van der Waals surface area contributed by atoms with Crippen molar-refractivity contribution in [1.29, 1.82) is 0 Å². The molecule has 8 heteroatoms. The van der Waals surface area contributed by atoms with Gasteiger partial charge in [-0.1, -0.05) is 40.9 Å². The molecule has 5 nitrogen and oxygen atoms in total. The van der Waals surface area contributed by atoms with E-state index in [9.17, 15) is 9.90 Å². The summed E-state index contributed by atoms with van der Waals surface area (Å²) in [4.78, 5) is 14.7. The van der Waals surface area contributed by atoms with Gasteiger partial charge >= 0.3 is 0 Å². The second-order valence-electron chi connectivity index (χ2n) is 4.61. The summed E-state index contributed by atoms with van der Waals surface area (Å²) in [6.07, 6.45) is 0. The lowest BCUT2D eigenvalue weighted by Gasteiger charge is -2.06. The van der Waals surface area contributed by atoms with Crippen molar-refractivity contribution >= 4 is 57.1 Å². The first-order valence-electron chi connectivity index (χ1n) is 6.37. The van der Waals surface area contributed by atoms with Crippen LogP contribution in [0, 0.1) is 0 Å². The highest BCUT2D eigenvalue weighted by molar-refractivity contribution is 6.40. The first-order valence-corrected chi connectivity index (χ1v) is 7.51. The molecular formula is C15H8Cl3N3O2. The van der Waals surface area contributed by atoms with Crippen LogP contribution in [0.2, 0.25) is 15.1 Å². The molecule has 0 bridgehead atoms. The number of H-pyrrole nitrogens is 1. The van der Waals surface area contributed by atoms with Crippen molar-refractivity contribution < 1.29 is 5.11 Å². The summed E-state index contributed by atoms with van der Waals surface area (Å²) in [7, 11) is 0. The molecule has 0 fully saturated rings. The Labute approximate surface area is 145 Å². The molecule has 0 amide bonds. The second kappa shape index (κ2) is 6.20. The number of benzene rings is 2. The topological polar surface area (TPSA) is 77.8 Å². The Balaban J connectivity index is 2.19. The third-order valence-corrected chi connectivity index (χ3v) is 3.96. The SMILES string of the molecule is O=c1[nH]c2c(Cl)ccc(Cl)c2c(O)c1N=Nc1cccc(Cl)c1. The number of halogens is 3. The minimum absolute atomic E-state index is 0.207. The number of aromatic hydroxyl groups is 1. The molecule has 0 unspecified atom stereocenters. The monoisotopic (exact) mass is 367 g/mol. The highest BCUT2D eigenvalue weighted by Crippen LogP contribution is 2.38. The number of fused-ring (bicyclic) bond motifs is 1. The summed E-state index contributed by atoms with van der Waals surface area (Å²) < 4.78 is 0. The van der Waals surface area contributed by atoms with E-state index in [1.165, 1.54) is 12.1 Å². The third kappa shape index (κ3) is 3.03. The van der Waals surface area contributed by atoms with Gasteiger partial charge < -0.3 is 10.1 Å². The van der Waals surface area contributed by atoms with Gasteiger partial charge in [-0.2, -0.15) is 5.11 Å². The minimum Gasteiger partial charge on any atom is -0.505 e. The van der Waals surface area contributed by atoms with E-state index in [4.69, 9.17) is 34.8 Å². The predicted octanol–water partition coefficient (Wildman–Crippen LogP) is 5.61. The van der Waals surface area contributed by atoms with Gasteiger partial charge in [-0.3, -0.25) is 4.79 Å². The number of rotatable bonds is 2. The van der Waals surface area contributed by atoms with Crippen LogP contribution in [-0.4, -0.2) is 10.1 Å². The zero-order valence-corrected chi connectivity index (χ0v) is 13.6. The Bertz CT molecular complexity index is 999. The molecule has 0 spiro atoms.